The number of hydrazine groups is 1. The van der Waals surface area contributed by atoms with Crippen molar-refractivity contribution >= 4 is 12.2 Å². The van der Waals surface area contributed by atoms with Gasteiger partial charge in [-0.15, -0.1) is 0 Å². The maximum Gasteiger partial charge on any atom is 0.308 e. The molecular formula is C7H14N4O. The minimum absolute atomic E-state index is 0.0327. The molecule has 0 radical (unpaired) electrons. The Morgan fingerprint density at radius 1 is 1.83 bits per heavy atom. The van der Waals surface area contributed by atoms with Crippen molar-refractivity contribution in [1.82, 2.24) is 10.9 Å². The summed E-state index contributed by atoms with van der Waals surface area (Å²) in [5.41, 5.74) is 6.01. The van der Waals surface area contributed by atoms with E-state index in [0.29, 0.717) is 6.04 Å². The zero-order valence-corrected chi connectivity index (χ0v) is 7.13. The van der Waals surface area contributed by atoms with Crippen molar-refractivity contribution < 1.29 is 4.74 Å². The number of methoxy groups -OCH3 is 1. The molecule has 0 aromatic rings. The zero-order valence-electron chi connectivity index (χ0n) is 7.13. The smallest absolute Gasteiger partial charge is 0.308 e. The topological polar surface area (TPSA) is 69.5 Å². The number of aliphatic imine (C=N–C) groups is 1. The van der Waals surface area contributed by atoms with E-state index in [4.69, 9.17) is 5.41 Å². The minimum Gasteiger partial charge on any atom is -0.467 e. The van der Waals surface area contributed by atoms with Crippen molar-refractivity contribution in [3.8, 4) is 0 Å². The summed E-state index contributed by atoms with van der Waals surface area (Å²) >= 11 is 0. The molecule has 1 rings (SSSR count). The van der Waals surface area contributed by atoms with Gasteiger partial charge in [-0.25, -0.2) is 10.4 Å². The number of hydrogen-bond donors (Lipinski definition) is 3. The molecule has 0 amide bonds. The average Bonchev–Trinajstić information content (AvgIpc) is 2.00. The molecule has 1 aliphatic heterocycles. The Kier molecular flexibility index (Phi) is 3.69. The molecule has 1 unspecified atom stereocenters. The van der Waals surface area contributed by atoms with Gasteiger partial charge in [-0.3, -0.25) is 10.9 Å². The van der Waals surface area contributed by atoms with E-state index in [1.165, 1.54) is 7.11 Å². The first kappa shape index (κ1) is 9.15. The summed E-state index contributed by atoms with van der Waals surface area (Å²) in [7, 11) is 1.44. The van der Waals surface area contributed by atoms with E-state index in [-0.39, 0.29) is 6.02 Å². The molecule has 0 saturated carbocycles. The Balaban J connectivity index is 2.00. The predicted octanol–water partition coefficient (Wildman–Crippen LogP) is -0.105. The molecule has 5 heteroatoms. The van der Waals surface area contributed by atoms with Gasteiger partial charge in [0.2, 0.25) is 0 Å². The number of ether oxygens (including phenoxy) is 1. The molecule has 3 N–H and O–H groups in total. The van der Waals surface area contributed by atoms with Crippen LogP contribution < -0.4 is 10.9 Å². The normalized spacial score (nSPS) is 22.2. The van der Waals surface area contributed by atoms with Crippen LogP contribution in [0, 0.1) is 5.41 Å². The summed E-state index contributed by atoms with van der Waals surface area (Å²) < 4.78 is 4.55. The average molecular weight is 170 g/mol. The summed E-state index contributed by atoms with van der Waals surface area (Å²) in [6.45, 7) is 1.02. The van der Waals surface area contributed by atoms with Gasteiger partial charge < -0.3 is 4.74 Å². The van der Waals surface area contributed by atoms with Crippen molar-refractivity contribution in [2.45, 2.75) is 18.9 Å². The summed E-state index contributed by atoms with van der Waals surface area (Å²) in [4.78, 5) is 3.76. The molecule has 1 fully saturated rings. The van der Waals surface area contributed by atoms with E-state index in [0.717, 1.165) is 19.4 Å². The number of nitrogens with zero attached hydrogens (tertiary/aromatic N) is 1. The number of amidine groups is 1. The fourth-order valence-corrected chi connectivity index (χ4v) is 0.897. The Bertz CT molecular complexity index is 176. The van der Waals surface area contributed by atoms with Crippen LogP contribution in [0.1, 0.15) is 12.8 Å². The number of hydrogen-bond acceptors (Lipinski definition) is 4. The van der Waals surface area contributed by atoms with Crippen LogP contribution in [0.25, 0.3) is 0 Å². The highest BCUT2D eigenvalue weighted by atomic mass is 16.5. The molecule has 0 aromatic heterocycles. The van der Waals surface area contributed by atoms with Gasteiger partial charge >= 0.3 is 6.02 Å². The maximum absolute atomic E-state index is 7.03. The molecule has 1 aliphatic rings. The second kappa shape index (κ2) is 4.84. The molecule has 0 aromatic carbocycles. The third-order valence-corrected chi connectivity index (χ3v) is 1.70. The molecule has 5 nitrogen and oxygen atoms in total. The first-order valence-corrected chi connectivity index (χ1v) is 3.96. The van der Waals surface area contributed by atoms with Crippen molar-refractivity contribution in [3.05, 3.63) is 0 Å². The second-order valence-electron chi connectivity index (χ2n) is 2.62. The van der Waals surface area contributed by atoms with Gasteiger partial charge in [0.1, 0.15) is 0 Å². The van der Waals surface area contributed by atoms with Crippen LogP contribution in [-0.2, 0) is 4.74 Å². The highest BCUT2D eigenvalue weighted by molar-refractivity contribution is 5.80. The van der Waals surface area contributed by atoms with E-state index >= 15 is 0 Å². The van der Waals surface area contributed by atoms with Gasteiger partial charge in [0, 0.05) is 18.8 Å². The van der Waals surface area contributed by atoms with Crippen LogP contribution in [-0.4, -0.2) is 31.9 Å². The van der Waals surface area contributed by atoms with Crippen molar-refractivity contribution in [2.24, 2.45) is 4.99 Å². The Morgan fingerprint density at radius 2 is 2.58 bits per heavy atom. The maximum atomic E-state index is 7.03. The minimum atomic E-state index is -0.0327. The van der Waals surface area contributed by atoms with Crippen LogP contribution in [0.15, 0.2) is 4.99 Å². The Hall–Kier alpha value is -0.940. The Morgan fingerprint density at radius 3 is 3.08 bits per heavy atom. The van der Waals surface area contributed by atoms with E-state index < -0.39 is 0 Å². The van der Waals surface area contributed by atoms with Gasteiger partial charge in [-0.05, 0) is 12.8 Å². The Labute approximate surface area is 71.7 Å². The summed E-state index contributed by atoms with van der Waals surface area (Å²) in [5.74, 6) is 0. The van der Waals surface area contributed by atoms with Crippen LogP contribution in [0.4, 0.5) is 0 Å². The molecule has 0 spiro atoms. The highest BCUT2D eigenvalue weighted by Gasteiger charge is 2.13. The van der Waals surface area contributed by atoms with Gasteiger partial charge in [0.05, 0.1) is 7.11 Å². The standard InChI is InChI=1S/C7H14N4O/c1-12-7(8)9-4-2-3-6-5-10-11-6/h4,6,8,10-11H,2-3,5H2,1H3. The summed E-state index contributed by atoms with van der Waals surface area (Å²) in [6.07, 6.45) is 3.64. The van der Waals surface area contributed by atoms with E-state index in [2.05, 4.69) is 20.6 Å². The van der Waals surface area contributed by atoms with Crippen LogP contribution >= 0.6 is 0 Å². The zero-order chi connectivity index (χ0) is 8.81. The number of rotatable bonds is 3. The van der Waals surface area contributed by atoms with Gasteiger partial charge in [-0.2, -0.15) is 0 Å². The van der Waals surface area contributed by atoms with Crippen LogP contribution in [0.3, 0.4) is 0 Å². The fraction of sp³-hybridized carbons (Fsp3) is 0.714. The molecule has 0 aliphatic carbocycles. The van der Waals surface area contributed by atoms with Gasteiger partial charge in [0.25, 0.3) is 0 Å². The monoisotopic (exact) mass is 170 g/mol. The van der Waals surface area contributed by atoms with E-state index in [9.17, 15) is 0 Å². The predicted molar refractivity (Wildman–Crippen MR) is 47.4 cm³/mol. The molecular weight excluding hydrogens is 156 g/mol. The largest absolute Gasteiger partial charge is 0.467 e. The third-order valence-electron chi connectivity index (χ3n) is 1.70. The van der Waals surface area contributed by atoms with Gasteiger partial charge in [-0.1, -0.05) is 0 Å². The molecule has 1 heterocycles. The molecule has 0 bridgehead atoms. The first-order chi connectivity index (χ1) is 5.83. The van der Waals surface area contributed by atoms with Crippen LogP contribution in [0.2, 0.25) is 0 Å². The van der Waals surface area contributed by atoms with Gasteiger partial charge in [0.15, 0.2) is 0 Å². The first-order valence-electron chi connectivity index (χ1n) is 3.96. The number of nitrogens with one attached hydrogen (secondary N) is 3. The fourth-order valence-electron chi connectivity index (χ4n) is 0.897. The van der Waals surface area contributed by atoms with E-state index in [1.54, 1.807) is 6.21 Å². The molecule has 68 valence electrons. The molecule has 1 atom stereocenters. The van der Waals surface area contributed by atoms with Crippen LogP contribution in [0.5, 0.6) is 0 Å². The lowest BCUT2D eigenvalue weighted by Crippen LogP contribution is -2.58. The van der Waals surface area contributed by atoms with Crippen molar-refractivity contribution in [3.63, 3.8) is 0 Å². The second-order valence-corrected chi connectivity index (χ2v) is 2.62. The molecule has 12 heavy (non-hydrogen) atoms. The lowest BCUT2D eigenvalue weighted by molar-refractivity contribution is 0.289. The lowest BCUT2D eigenvalue weighted by atomic mass is 10.1. The quantitative estimate of drug-likeness (QED) is 0.409. The summed E-state index contributed by atoms with van der Waals surface area (Å²) in [6, 6.07) is 0.530. The SMILES string of the molecule is COC(=N)N=CCCC1CNN1. The van der Waals surface area contributed by atoms with Crippen molar-refractivity contribution in [2.75, 3.05) is 13.7 Å². The summed E-state index contributed by atoms with van der Waals surface area (Å²) in [5, 5.41) is 7.03. The van der Waals surface area contributed by atoms with E-state index in [1.807, 2.05) is 0 Å². The highest BCUT2D eigenvalue weighted by Crippen LogP contribution is 1.98. The third kappa shape index (κ3) is 2.98. The molecule has 1 saturated heterocycles. The lowest BCUT2D eigenvalue weighted by Gasteiger charge is -2.28. The van der Waals surface area contributed by atoms with Crippen molar-refractivity contribution in [1.29, 1.82) is 5.41 Å².